The highest BCUT2D eigenvalue weighted by atomic mass is 16.5. The minimum absolute atomic E-state index is 0.460. The van der Waals surface area contributed by atoms with Gasteiger partial charge in [0.15, 0.2) is 0 Å². The Labute approximate surface area is 91.9 Å². The number of nitrogens with zero attached hydrogens (tertiary/aromatic N) is 1. The summed E-state index contributed by atoms with van der Waals surface area (Å²) >= 11 is 0. The number of pyridine rings is 1. The molecule has 15 heavy (non-hydrogen) atoms. The Morgan fingerprint density at radius 2 is 2.13 bits per heavy atom. The molecule has 0 radical (unpaired) electrons. The second-order valence-electron chi connectivity index (χ2n) is 3.87. The highest BCUT2D eigenvalue weighted by Gasteiger charge is 2.05. The molecular formula is C12H20N2O. The summed E-state index contributed by atoms with van der Waals surface area (Å²) in [6, 6.07) is 4.43. The van der Waals surface area contributed by atoms with Crippen LogP contribution < -0.4 is 10.1 Å². The summed E-state index contributed by atoms with van der Waals surface area (Å²) in [6.07, 6.45) is 0. The van der Waals surface area contributed by atoms with Crippen LogP contribution in [0.4, 0.5) is 0 Å². The minimum Gasteiger partial charge on any atom is -0.492 e. The van der Waals surface area contributed by atoms with Crippen molar-refractivity contribution in [3.8, 4) is 5.75 Å². The van der Waals surface area contributed by atoms with E-state index in [1.807, 2.05) is 26.0 Å². The van der Waals surface area contributed by atoms with Crippen LogP contribution in [0.2, 0.25) is 0 Å². The third-order valence-corrected chi connectivity index (χ3v) is 2.05. The number of rotatable bonds is 5. The largest absolute Gasteiger partial charge is 0.492 e. The molecule has 84 valence electrons. The fourth-order valence-corrected chi connectivity index (χ4v) is 1.31. The van der Waals surface area contributed by atoms with Gasteiger partial charge in [-0.1, -0.05) is 13.8 Å². The van der Waals surface area contributed by atoms with E-state index < -0.39 is 0 Å². The third kappa shape index (κ3) is 3.88. The Bertz CT molecular complexity index is 310. The fraction of sp³-hybridized carbons (Fsp3) is 0.583. The molecule has 1 rings (SSSR count). The smallest absolute Gasteiger partial charge is 0.142 e. The van der Waals surface area contributed by atoms with E-state index in [9.17, 15) is 0 Å². The van der Waals surface area contributed by atoms with Gasteiger partial charge in [0, 0.05) is 18.3 Å². The molecule has 1 N–H and O–H groups in total. The van der Waals surface area contributed by atoms with E-state index in [0.717, 1.165) is 23.7 Å². The molecule has 0 saturated carbocycles. The van der Waals surface area contributed by atoms with Gasteiger partial charge in [0.2, 0.25) is 0 Å². The first-order chi connectivity index (χ1) is 7.13. The highest BCUT2D eigenvalue weighted by Crippen LogP contribution is 2.16. The van der Waals surface area contributed by atoms with Crippen LogP contribution in [0, 0.1) is 6.92 Å². The molecule has 0 fully saturated rings. The summed E-state index contributed by atoms with van der Waals surface area (Å²) in [6.45, 7) is 9.66. The molecule has 0 bridgehead atoms. The molecule has 0 aromatic carbocycles. The van der Waals surface area contributed by atoms with Gasteiger partial charge in [-0.25, -0.2) is 0 Å². The molecule has 0 aliphatic heterocycles. The molecule has 3 heteroatoms. The number of aromatic nitrogens is 1. The van der Waals surface area contributed by atoms with Crippen molar-refractivity contribution < 1.29 is 4.74 Å². The first-order valence-electron chi connectivity index (χ1n) is 5.46. The van der Waals surface area contributed by atoms with E-state index in [2.05, 4.69) is 24.1 Å². The van der Waals surface area contributed by atoms with Crippen LogP contribution in [0.1, 0.15) is 32.2 Å². The van der Waals surface area contributed by atoms with Crippen LogP contribution in [-0.2, 0) is 6.54 Å². The van der Waals surface area contributed by atoms with Crippen molar-refractivity contribution in [3.05, 3.63) is 23.5 Å². The average molecular weight is 208 g/mol. The van der Waals surface area contributed by atoms with Crippen LogP contribution in [0.25, 0.3) is 0 Å². The molecule has 0 saturated heterocycles. The summed E-state index contributed by atoms with van der Waals surface area (Å²) in [5.41, 5.74) is 2.02. The quantitative estimate of drug-likeness (QED) is 0.806. The Hall–Kier alpha value is -1.09. The maximum absolute atomic E-state index is 5.52. The van der Waals surface area contributed by atoms with E-state index in [1.54, 1.807) is 0 Å². The van der Waals surface area contributed by atoms with Gasteiger partial charge in [-0.15, -0.1) is 0 Å². The van der Waals surface area contributed by atoms with Crippen LogP contribution in [0.5, 0.6) is 5.75 Å². The van der Waals surface area contributed by atoms with Crippen LogP contribution >= 0.6 is 0 Å². The molecule has 0 spiro atoms. The van der Waals surface area contributed by atoms with Crippen LogP contribution in [0.3, 0.4) is 0 Å². The normalized spacial score (nSPS) is 10.7. The Morgan fingerprint density at radius 1 is 1.40 bits per heavy atom. The SMILES string of the molecule is CCOc1ccc(C)nc1CNC(C)C. The number of aryl methyl sites for hydroxylation is 1. The van der Waals surface area contributed by atoms with Gasteiger partial charge in [-0.3, -0.25) is 4.98 Å². The summed E-state index contributed by atoms with van der Waals surface area (Å²) < 4.78 is 5.52. The van der Waals surface area contributed by atoms with Gasteiger partial charge in [0.1, 0.15) is 5.75 Å². The summed E-state index contributed by atoms with van der Waals surface area (Å²) in [5, 5.41) is 3.35. The van der Waals surface area contributed by atoms with Crippen LogP contribution in [-0.4, -0.2) is 17.6 Å². The maximum Gasteiger partial charge on any atom is 0.142 e. The monoisotopic (exact) mass is 208 g/mol. The van der Waals surface area contributed by atoms with Crippen molar-refractivity contribution in [2.45, 2.75) is 40.3 Å². The van der Waals surface area contributed by atoms with E-state index in [1.165, 1.54) is 0 Å². The number of ether oxygens (including phenoxy) is 1. The van der Waals surface area contributed by atoms with Gasteiger partial charge in [-0.05, 0) is 26.0 Å². The van der Waals surface area contributed by atoms with Gasteiger partial charge in [0.25, 0.3) is 0 Å². The average Bonchev–Trinajstić information content (AvgIpc) is 2.18. The Balaban J connectivity index is 2.77. The first kappa shape index (κ1) is 12.0. The summed E-state index contributed by atoms with van der Waals surface area (Å²) in [7, 11) is 0. The predicted octanol–water partition coefficient (Wildman–Crippen LogP) is 2.29. The third-order valence-electron chi connectivity index (χ3n) is 2.05. The zero-order chi connectivity index (χ0) is 11.3. The minimum atomic E-state index is 0.460. The van der Waals surface area contributed by atoms with Crippen molar-refractivity contribution in [1.29, 1.82) is 0 Å². The van der Waals surface area contributed by atoms with E-state index in [-0.39, 0.29) is 0 Å². The standard InChI is InChI=1S/C12H20N2O/c1-5-15-12-7-6-10(4)14-11(12)8-13-9(2)3/h6-7,9,13H,5,8H2,1-4H3. The predicted molar refractivity (Wildman–Crippen MR) is 62.1 cm³/mol. The fourth-order valence-electron chi connectivity index (χ4n) is 1.31. The molecule has 1 aromatic rings. The number of hydrogen-bond donors (Lipinski definition) is 1. The molecular weight excluding hydrogens is 188 g/mol. The van der Waals surface area contributed by atoms with Crippen molar-refractivity contribution in [3.63, 3.8) is 0 Å². The van der Waals surface area contributed by atoms with Gasteiger partial charge in [0.05, 0.1) is 12.3 Å². The molecule has 0 amide bonds. The maximum atomic E-state index is 5.52. The van der Waals surface area contributed by atoms with Crippen LogP contribution in [0.15, 0.2) is 12.1 Å². The van der Waals surface area contributed by atoms with E-state index in [0.29, 0.717) is 12.6 Å². The van der Waals surface area contributed by atoms with Crippen molar-refractivity contribution in [2.75, 3.05) is 6.61 Å². The second kappa shape index (κ2) is 5.71. The lowest BCUT2D eigenvalue weighted by atomic mass is 10.2. The zero-order valence-electron chi connectivity index (χ0n) is 10.0. The second-order valence-corrected chi connectivity index (χ2v) is 3.87. The van der Waals surface area contributed by atoms with Gasteiger partial charge >= 0.3 is 0 Å². The summed E-state index contributed by atoms with van der Waals surface area (Å²) in [4.78, 5) is 4.48. The molecule has 1 heterocycles. The molecule has 0 aliphatic rings. The topological polar surface area (TPSA) is 34.1 Å². The molecule has 0 aliphatic carbocycles. The highest BCUT2D eigenvalue weighted by molar-refractivity contribution is 5.29. The molecule has 1 aromatic heterocycles. The molecule has 3 nitrogen and oxygen atoms in total. The lowest BCUT2D eigenvalue weighted by Gasteiger charge is -2.12. The Kier molecular flexibility index (Phi) is 4.56. The van der Waals surface area contributed by atoms with E-state index in [4.69, 9.17) is 4.74 Å². The molecule has 0 unspecified atom stereocenters. The molecule has 0 atom stereocenters. The van der Waals surface area contributed by atoms with Gasteiger partial charge < -0.3 is 10.1 Å². The number of hydrogen-bond acceptors (Lipinski definition) is 3. The Morgan fingerprint density at radius 3 is 2.73 bits per heavy atom. The van der Waals surface area contributed by atoms with Crippen molar-refractivity contribution in [2.24, 2.45) is 0 Å². The lowest BCUT2D eigenvalue weighted by Crippen LogP contribution is -2.23. The zero-order valence-corrected chi connectivity index (χ0v) is 10.0. The lowest BCUT2D eigenvalue weighted by molar-refractivity contribution is 0.332. The summed E-state index contributed by atoms with van der Waals surface area (Å²) in [5.74, 6) is 0.885. The van der Waals surface area contributed by atoms with Gasteiger partial charge in [-0.2, -0.15) is 0 Å². The van der Waals surface area contributed by atoms with E-state index >= 15 is 0 Å². The number of nitrogens with one attached hydrogen (secondary N) is 1. The van der Waals surface area contributed by atoms with Crippen molar-refractivity contribution in [1.82, 2.24) is 10.3 Å². The van der Waals surface area contributed by atoms with Crippen molar-refractivity contribution >= 4 is 0 Å². The first-order valence-corrected chi connectivity index (χ1v) is 5.46.